The highest BCUT2D eigenvalue weighted by Gasteiger charge is 2.33. The van der Waals surface area contributed by atoms with Crippen molar-refractivity contribution in [1.82, 2.24) is 4.90 Å². The van der Waals surface area contributed by atoms with Crippen molar-refractivity contribution in [3.63, 3.8) is 0 Å². The maximum absolute atomic E-state index is 12.0. The van der Waals surface area contributed by atoms with E-state index in [9.17, 15) is 4.79 Å². The summed E-state index contributed by atoms with van der Waals surface area (Å²) in [6.07, 6.45) is 6.68. The standard InChI is InChI=1S/C13H24N2O/c1-10(8-14)13(16)15-7-6-11-4-2-3-5-12(11)9-15/h10-12H,2-9,14H2,1H3. The van der Waals surface area contributed by atoms with Crippen LogP contribution in [0.4, 0.5) is 0 Å². The van der Waals surface area contributed by atoms with E-state index in [4.69, 9.17) is 5.73 Å². The second-order valence-corrected chi connectivity index (χ2v) is 5.51. The fourth-order valence-corrected chi connectivity index (χ4v) is 3.21. The monoisotopic (exact) mass is 224 g/mol. The molecule has 1 saturated heterocycles. The van der Waals surface area contributed by atoms with Gasteiger partial charge in [0.15, 0.2) is 0 Å². The number of nitrogens with two attached hydrogens (primary N) is 1. The zero-order valence-electron chi connectivity index (χ0n) is 10.3. The largest absolute Gasteiger partial charge is 0.342 e. The van der Waals surface area contributed by atoms with E-state index >= 15 is 0 Å². The molecule has 3 nitrogen and oxygen atoms in total. The minimum atomic E-state index is 0.000130. The smallest absolute Gasteiger partial charge is 0.226 e. The van der Waals surface area contributed by atoms with Crippen molar-refractivity contribution in [2.75, 3.05) is 19.6 Å². The summed E-state index contributed by atoms with van der Waals surface area (Å²) in [5, 5.41) is 0. The first-order chi connectivity index (χ1) is 7.72. The molecule has 2 N–H and O–H groups in total. The van der Waals surface area contributed by atoms with Crippen LogP contribution in [-0.2, 0) is 4.79 Å². The third-order valence-electron chi connectivity index (χ3n) is 4.38. The van der Waals surface area contributed by atoms with Gasteiger partial charge in [0.05, 0.1) is 0 Å². The van der Waals surface area contributed by atoms with Gasteiger partial charge in [-0.1, -0.05) is 26.2 Å². The topological polar surface area (TPSA) is 46.3 Å². The first kappa shape index (κ1) is 11.9. The summed E-state index contributed by atoms with van der Waals surface area (Å²) in [5.41, 5.74) is 5.56. The van der Waals surface area contributed by atoms with Crippen molar-refractivity contribution < 1.29 is 4.79 Å². The molecule has 1 saturated carbocycles. The molecular weight excluding hydrogens is 200 g/mol. The molecule has 1 heterocycles. The molecule has 3 unspecified atom stereocenters. The summed E-state index contributed by atoms with van der Waals surface area (Å²) in [4.78, 5) is 14.1. The van der Waals surface area contributed by atoms with Crippen LogP contribution in [0.5, 0.6) is 0 Å². The van der Waals surface area contributed by atoms with Crippen LogP contribution in [0, 0.1) is 17.8 Å². The van der Waals surface area contributed by atoms with Gasteiger partial charge in [0.25, 0.3) is 0 Å². The predicted molar refractivity (Wildman–Crippen MR) is 64.9 cm³/mol. The Morgan fingerprint density at radius 3 is 2.69 bits per heavy atom. The molecule has 1 aliphatic carbocycles. The van der Waals surface area contributed by atoms with Gasteiger partial charge in [-0.3, -0.25) is 4.79 Å². The number of hydrogen-bond acceptors (Lipinski definition) is 2. The second kappa shape index (κ2) is 5.17. The summed E-state index contributed by atoms with van der Waals surface area (Å²) in [7, 11) is 0. The lowest BCUT2D eigenvalue weighted by atomic mass is 9.75. The van der Waals surface area contributed by atoms with Crippen LogP contribution in [0.3, 0.4) is 0 Å². The molecule has 92 valence electrons. The minimum Gasteiger partial charge on any atom is -0.342 e. The molecule has 16 heavy (non-hydrogen) atoms. The molecule has 1 aliphatic heterocycles. The zero-order chi connectivity index (χ0) is 11.5. The highest BCUT2D eigenvalue weighted by Crippen LogP contribution is 2.36. The number of carbonyl (C=O) groups is 1. The van der Waals surface area contributed by atoms with Gasteiger partial charge in [-0.25, -0.2) is 0 Å². The third-order valence-corrected chi connectivity index (χ3v) is 4.38. The Hall–Kier alpha value is -0.570. The van der Waals surface area contributed by atoms with Gasteiger partial charge in [-0.2, -0.15) is 0 Å². The number of piperidine rings is 1. The fraction of sp³-hybridized carbons (Fsp3) is 0.923. The van der Waals surface area contributed by atoms with E-state index in [0.29, 0.717) is 6.54 Å². The molecule has 0 aromatic heterocycles. The molecule has 3 heteroatoms. The van der Waals surface area contributed by atoms with Crippen molar-refractivity contribution >= 4 is 5.91 Å². The zero-order valence-corrected chi connectivity index (χ0v) is 10.3. The van der Waals surface area contributed by atoms with Gasteiger partial charge in [-0.05, 0) is 24.7 Å². The normalized spacial score (nSPS) is 32.0. The number of nitrogens with zero attached hydrogens (tertiary/aromatic N) is 1. The average molecular weight is 224 g/mol. The fourth-order valence-electron chi connectivity index (χ4n) is 3.21. The molecular formula is C13H24N2O. The molecule has 0 spiro atoms. The summed E-state index contributed by atoms with van der Waals surface area (Å²) < 4.78 is 0. The van der Waals surface area contributed by atoms with Crippen LogP contribution in [0.2, 0.25) is 0 Å². The van der Waals surface area contributed by atoms with Crippen molar-refractivity contribution in [1.29, 1.82) is 0 Å². The lowest BCUT2D eigenvalue weighted by Gasteiger charge is -2.42. The van der Waals surface area contributed by atoms with Gasteiger partial charge >= 0.3 is 0 Å². The number of fused-ring (bicyclic) bond motifs is 1. The van der Waals surface area contributed by atoms with Crippen molar-refractivity contribution in [2.45, 2.75) is 39.0 Å². The van der Waals surface area contributed by atoms with Crippen LogP contribution in [0.15, 0.2) is 0 Å². The first-order valence-electron chi connectivity index (χ1n) is 6.71. The van der Waals surface area contributed by atoms with E-state index in [1.807, 2.05) is 6.92 Å². The van der Waals surface area contributed by atoms with Crippen LogP contribution in [-0.4, -0.2) is 30.4 Å². The maximum atomic E-state index is 12.0. The Morgan fingerprint density at radius 1 is 1.31 bits per heavy atom. The Kier molecular flexibility index (Phi) is 3.85. The van der Waals surface area contributed by atoms with E-state index in [2.05, 4.69) is 4.90 Å². The van der Waals surface area contributed by atoms with E-state index in [1.54, 1.807) is 0 Å². The average Bonchev–Trinajstić information content (AvgIpc) is 2.36. The van der Waals surface area contributed by atoms with Crippen molar-refractivity contribution in [2.24, 2.45) is 23.5 Å². The molecule has 2 fully saturated rings. The summed E-state index contributed by atoms with van der Waals surface area (Å²) in [6.45, 7) is 4.37. The van der Waals surface area contributed by atoms with Crippen LogP contribution >= 0.6 is 0 Å². The van der Waals surface area contributed by atoms with Gasteiger partial charge in [-0.15, -0.1) is 0 Å². The summed E-state index contributed by atoms with van der Waals surface area (Å²) in [5.74, 6) is 1.94. The van der Waals surface area contributed by atoms with E-state index < -0.39 is 0 Å². The van der Waals surface area contributed by atoms with Gasteiger partial charge < -0.3 is 10.6 Å². The molecule has 0 bridgehead atoms. The predicted octanol–water partition coefficient (Wildman–Crippen LogP) is 1.62. The molecule has 0 radical (unpaired) electrons. The van der Waals surface area contributed by atoms with Crippen molar-refractivity contribution in [3.8, 4) is 0 Å². The molecule has 0 aromatic rings. The van der Waals surface area contributed by atoms with Crippen LogP contribution in [0.25, 0.3) is 0 Å². The Labute approximate surface area is 98.4 Å². The minimum absolute atomic E-state index is 0.000130. The second-order valence-electron chi connectivity index (χ2n) is 5.51. The maximum Gasteiger partial charge on any atom is 0.226 e. The van der Waals surface area contributed by atoms with E-state index in [0.717, 1.165) is 24.9 Å². The number of likely N-dealkylation sites (tertiary alicyclic amines) is 1. The summed E-state index contributed by atoms with van der Waals surface area (Å²) in [6, 6.07) is 0. The number of hydrogen-bond donors (Lipinski definition) is 1. The first-order valence-corrected chi connectivity index (χ1v) is 6.71. The molecule has 1 amide bonds. The number of carbonyl (C=O) groups excluding carboxylic acids is 1. The van der Waals surface area contributed by atoms with Gasteiger partial charge in [0.2, 0.25) is 5.91 Å². The van der Waals surface area contributed by atoms with Gasteiger partial charge in [0, 0.05) is 25.6 Å². The highest BCUT2D eigenvalue weighted by atomic mass is 16.2. The Bertz CT molecular complexity index is 254. The SMILES string of the molecule is CC(CN)C(=O)N1CCC2CCCCC2C1. The quantitative estimate of drug-likeness (QED) is 0.774. The lowest BCUT2D eigenvalue weighted by Crippen LogP contribution is -2.47. The lowest BCUT2D eigenvalue weighted by molar-refractivity contribution is -0.137. The summed E-state index contributed by atoms with van der Waals surface area (Å²) >= 11 is 0. The van der Waals surface area contributed by atoms with Gasteiger partial charge in [0.1, 0.15) is 0 Å². The molecule has 0 aromatic carbocycles. The molecule has 2 rings (SSSR count). The molecule has 2 aliphatic rings. The van der Waals surface area contributed by atoms with Crippen LogP contribution < -0.4 is 5.73 Å². The Balaban J connectivity index is 1.92. The molecule has 3 atom stereocenters. The number of rotatable bonds is 2. The van der Waals surface area contributed by atoms with E-state index in [-0.39, 0.29) is 11.8 Å². The highest BCUT2D eigenvalue weighted by molar-refractivity contribution is 5.78. The van der Waals surface area contributed by atoms with Crippen LogP contribution in [0.1, 0.15) is 39.0 Å². The Morgan fingerprint density at radius 2 is 2.00 bits per heavy atom. The number of amides is 1. The third kappa shape index (κ3) is 2.40. The van der Waals surface area contributed by atoms with E-state index in [1.165, 1.54) is 32.1 Å². The van der Waals surface area contributed by atoms with Crippen molar-refractivity contribution in [3.05, 3.63) is 0 Å².